The summed E-state index contributed by atoms with van der Waals surface area (Å²) in [5.41, 5.74) is 0.840. The highest BCUT2D eigenvalue weighted by Gasteiger charge is 2.09. The Bertz CT molecular complexity index is 438. The van der Waals surface area contributed by atoms with Gasteiger partial charge in [-0.3, -0.25) is 10.1 Å². The van der Waals surface area contributed by atoms with Gasteiger partial charge in [0.25, 0.3) is 0 Å². The molecule has 0 bridgehead atoms. The summed E-state index contributed by atoms with van der Waals surface area (Å²) < 4.78 is 5.15. The Morgan fingerprint density at radius 1 is 1.43 bits per heavy atom. The van der Waals surface area contributed by atoms with Crippen molar-refractivity contribution in [2.45, 2.75) is 6.92 Å². The van der Waals surface area contributed by atoms with Crippen molar-refractivity contribution in [2.24, 2.45) is 0 Å². The number of pyridine rings is 1. The molecular formula is C9H10N4O. The zero-order valence-electron chi connectivity index (χ0n) is 7.98. The fraction of sp³-hybridized carbons (Fsp3) is 0.222. The lowest BCUT2D eigenvalue weighted by Gasteiger charge is -2.02. The fourth-order valence-electron chi connectivity index (χ4n) is 1.19. The third kappa shape index (κ3) is 1.44. The second-order valence-electron chi connectivity index (χ2n) is 2.82. The van der Waals surface area contributed by atoms with Crippen molar-refractivity contribution in [2.75, 3.05) is 7.11 Å². The molecule has 0 atom stereocenters. The predicted octanol–water partition coefficient (Wildman–Crippen LogP) is 1.18. The molecule has 0 aliphatic heterocycles. The quantitative estimate of drug-likeness (QED) is 0.772. The van der Waals surface area contributed by atoms with E-state index in [9.17, 15) is 0 Å². The normalized spacial score (nSPS) is 10.1. The van der Waals surface area contributed by atoms with Crippen LogP contribution in [0.3, 0.4) is 0 Å². The molecule has 0 spiro atoms. The van der Waals surface area contributed by atoms with Gasteiger partial charge in [0.1, 0.15) is 11.6 Å². The minimum absolute atomic E-state index is 0.627. The summed E-state index contributed by atoms with van der Waals surface area (Å²) >= 11 is 0. The minimum Gasteiger partial charge on any atom is -0.494 e. The molecular weight excluding hydrogens is 180 g/mol. The van der Waals surface area contributed by atoms with E-state index in [1.54, 1.807) is 19.5 Å². The second-order valence-corrected chi connectivity index (χ2v) is 2.82. The summed E-state index contributed by atoms with van der Waals surface area (Å²) in [5, 5.41) is 6.83. The number of aryl methyl sites for hydroxylation is 1. The zero-order valence-corrected chi connectivity index (χ0v) is 7.98. The number of H-pyrrole nitrogens is 1. The highest BCUT2D eigenvalue weighted by molar-refractivity contribution is 5.62. The maximum Gasteiger partial charge on any atom is 0.184 e. The van der Waals surface area contributed by atoms with Crippen LogP contribution in [0.25, 0.3) is 11.4 Å². The van der Waals surface area contributed by atoms with Crippen molar-refractivity contribution in [3.05, 3.63) is 24.3 Å². The molecule has 14 heavy (non-hydrogen) atoms. The maximum atomic E-state index is 5.15. The molecule has 5 heteroatoms. The molecule has 72 valence electrons. The molecule has 0 radical (unpaired) electrons. The van der Waals surface area contributed by atoms with Crippen LogP contribution in [0.1, 0.15) is 5.82 Å². The molecule has 0 saturated carbocycles. The number of nitrogens with zero attached hydrogens (tertiary/aromatic N) is 3. The Morgan fingerprint density at radius 3 is 2.93 bits per heavy atom. The Morgan fingerprint density at radius 2 is 2.29 bits per heavy atom. The van der Waals surface area contributed by atoms with Crippen LogP contribution in [0.15, 0.2) is 18.5 Å². The number of nitrogens with one attached hydrogen (secondary N) is 1. The summed E-state index contributed by atoms with van der Waals surface area (Å²) in [6.07, 6.45) is 3.32. The average molecular weight is 190 g/mol. The first-order valence-corrected chi connectivity index (χ1v) is 4.18. The minimum atomic E-state index is 0.627. The number of rotatable bonds is 2. The number of hydrogen-bond donors (Lipinski definition) is 1. The summed E-state index contributed by atoms with van der Waals surface area (Å²) in [6.45, 7) is 1.85. The summed E-state index contributed by atoms with van der Waals surface area (Å²) in [7, 11) is 1.60. The van der Waals surface area contributed by atoms with Crippen LogP contribution in [0, 0.1) is 6.92 Å². The van der Waals surface area contributed by atoms with Crippen molar-refractivity contribution >= 4 is 0 Å². The molecule has 0 fully saturated rings. The molecule has 2 heterocycles. The first kappa shape index (κ1) is 8.68. The maximum absolute atomic E-state index is 5.15. The van der Waals surface area contributed by atoms with Crippen LogP contribution >= 0.6 is 0 Å². The molecule has 0 aromatic carbocycles. The molecule has 2 aromatic heterocycles. The molecule has 1 N–H and O–H groups in total. The van der Waals surface area contributed by atoms with Crippen LogP contribution in [-0.2, 0) is 0 Å². The van der Waals surface area contributed by atoms with Gasteiger partial charge >= 0.3 is 0 Å². The van der Waals surface area contributed by atoms with Gasteiger partial charge in [0.05, 0.1) is 18.9 Å². The Balaban J connectivity index is 2.50. The van der Waals surface area contributed by atoms with Gasteiger partial charge in [0.2, 0.25) is 0 Å². The molecule has 0 saturated heterocycles. The van der Waals surface area contributed by atoms with Gasteiger partial charge in [-0.2, -0.15) is 5.10 Å². The molecule has 0 amide bonds. The van der Waals surface area contributed by atoms with E-state index in [0.29, 0.717) is 11.6 Å². The van der Waals surface area contributed by atoms with Gasteiger partial charge in [-0.1, -0.05) is 0 Å². The molecule has 5 nitrogen and oxygen atoms in total. The SMILES string of the molecule is COc1cnccc1-c1n[nH]c(C)n1. The van der Waals surface area contributed by atoms with Gasteiger partial charge in [0.15, 0.2) is 5.82 Å². The summed E-state index contributed by atoms with van der Waals surface area (Å²) in [5.74, 6) is 2.08. The van der Waals surface area contributed by atoms with Crippen LogP contribution in [0.5, 0.6) is 5.75 Å². The van der Waals surface area contributed by atoms with Gasteiger partial charge < -0.3 is 4.74 Å². The van der Waals surface area contributed by atoms with E-state index in [0.717, 1.165) is 11.4 Å². The van der Waals surface area contributed by atoms with Crippen LogP contribution < -0.4 is 4.74 Å². The first-order chi connectivity index (χ1) is 6.81. The number of ether oxygens (including phenoxy) is 1. The van der Waals surface area contributed by atoms with Crippen LogP contribution in [0.2, 0.25) is 0 Å². The van der Waals surface area contributed by atoms with E-state index in [1.165, 1.54) is 0 Å². The Labute approximate surface area is 81.2 Å². The fourth-order valence-corrected chi connectivity index (χ4v) is 1.19. The molecule has 2 aromatic rings. The summed E-state index contributed by atoms with van der Waals surface area (Å²) in [4.78, 5) is 8.17. The van der Waals surface area contributed by atoms with Crippen LogP contribution in [0.4, 0.5) is 0 Å². The lowest BCUT2D eigenvalue weighted by atomic mass is 10.2. The Kier molecular flexibility index (Phi) is 2.14. The molecule has 0 aliphatic carbocycles. The highest BCUT2D eigenvalue weighted by Crippen LogP contribution is 2.25. The number of aromatic amines is 1. The van der Waals surface area contributed by atoms with E-state index in [4.69, 9.17) is 4.74 Å². The number of aromatic nitrogens is 4. The van der Waals surface area contributed by atoms with Crippen molar-refractivity contribution in [3.8, 4) is 17.1 Å². The van der Waals surface area contributed by atoms with Gasteiger partial charge in [0, 0.05) is 6.20 Å². The van der Waals surface area contributed by atoms with E-state index in [2.05, 4.69) is 20.2 Å². The zero-order chi connectivity index (χ0) is 9.97. The number of methoxy groups -OCH3 is 1. The second kappa shape index (κ2) is 3.45. The van der Waals surface area contributed by atoms with Crippen molar-refractivity contribution in [3.63, 3.8) is 0 Å². The van der Waals surface area contributed by atoms with Crippen molar-refractivity contribution in [1.82, 2.24) is 20.2 Å². The third-order valence-corrected chi connectivity index (χ3v) is 1.84. The predicted molar refractivity (Wildman–Crippen MR) is 50.9 cm³/mol. The van der Waals surface area contributed by atoms with Gasteiger partial charge in [-0.25, -0.2) is 4.98 Å². The van der Waals surface area contributed by atoms with Gasteiger partial charge in [-0.15, -0.1) is 0 Å². The summed E-state index contributed by atoms with van der Waals surface area (Å²) in [6, 6.07) is 1.82. The third-order valence-electron chi connectivity index (χ3n) is 1.84. The largest absolute Gasteiger partial charge is 0.494 e. The van der Waals surface area contributed by atoms with Crippen molar-refractivity contribution in [1.29, 1.82) is 0 Å². The molecule has 0 unspecified atom stereocenters. The Hall–Kier alpha value is -1.91. The van der Waals surface area contributed by atoms with E-state index < -0.39 is 0 Å². The number of hydrogen-bond acceptors (Lipinski definition) is 4. The average Bonchev–Trinajstić information content (AvgIpc) is 2.65. The standard InChI is InChI=1S/C9H10N4O/c1-6-11-9(13-12-6)7-3-4-10-5-8(7)14-2/h3-5H,1-2H3,(H,11,12,13). The van der Waals surface area contributed by atoms with Gasteiger partial charge in [-0.05, 0) is 13.0 Å². The molecule has 0 aliphatic rings. The lowest BCUT2D eigenvalue weighted by molar-refractivity contribution is 0.414. The highest BCUT2D eigenvalue weighted by atomic mass is 16.5. The monoisotopic (exact) mass is 190 g/mol. The van der Waals surface area contributed by atoms with E-state index in [1.807, 2.05) is 13.0 Å². The smallest absolute Gasteiger partial charge is 0.184 e. The van der Waals surface area contributed by atoms with E-state index >= 15 is 0 Å². The lowest BCUT2D eigenvalue weighted by Crippen LogP contribution is -1.90. The van der Waals surface area contributed by atoms with E-state index in [-0.39, 0.29) is 0 Å². The first-order valence-electron chi connectivity index (χ1n) is 4.18. The topological polar surface area (TPSA) is 63.7 Å². The van der Waals surface area contributed by atoms with Crippen molar-refractivity contribution < 1.29 is 4.74 Å². The molecule has 2 rings (SSSR count). The van der Waals surface area contributed by atoms with Crippen LogP contribution in [-0.4, -0.2) is 27.3 Å².